The highest BCUT2D eigenvalue weighted by molar-refractivity contribution is 5.85. The van der Waals surface area contributed by atoms with Crippen LogP contribution in [0.5, 0.6) is 0 Å². The minimum absolute atomic E-state index is 0.560. The fourth-order valence-electron chi connectivity index (χ4n) is 1.53. The predicted octanol–water partition coefficient (Wildman–Crippen LogP) is 1.81. The van der Waals surface area contributed by atoms with E-state index >= 15 is 0 Å². The Labute approximate surface area is 82.8 Å². The molecule has 0 bridgehead atoms. The van der Waals surface area contributed by atoms with Gasteiger partial charge < -0.3 is 10.3 Å². The Bertz CT molecular complexity index is 433. The van der Waals surface area contributed by atoms with Gasteiger partial charge in [0, 0.05) is 12.7 Å². The van der Waals surface area contributed by atoms with Crippen molar-refractivity contribution >= 4 is 16.9 Å². The van der Waals surface area contributed by atoms with E-state index in [1.807, 2.05) is 12.3 Å². The van der Waals surface area contributed by atoms with Gasteiger partial charge in [-0.25, -0.2) is 9.97 Å². The van der Waals surface area contributed by atoms with E-state index < -0.39 is 0 Å². The van der Waals surface area contributed by atoms with E-state index in [0.717, 1.165) is 24.0 Å². The normalized spacial score (nSPS) is 10.9. The van der Waals surface area contributed by atoms with Crippen LogP contribution in [-0.2, 0) is 6.54 Å². The smallest absolute Gasteiger partial charge is 0.145 e. The quantitative estimate of drug-likeness (QED) is 0.803. The molecule has 2 N–H and O–H groups in total. The van der Waals surface area contributed by atoms with Crippen LogP contribution >= 0.6 is 0 Å². The Morgan fingerprint density at radius 1 is 1.43 bits per heavy atom. The van der Waals surface area contributed by atoms with Gasteiger partial charge in [0.25, 0.3) is 0 Å². The highest BCUT2D eigenvalue weighted by Crippen LogP contribution is 2.17. The number of hydrogen-bond acceptors (Lipinski definition) is 3. The number of nitrogens with zero attached hydrogens (tertiary/aromatic N) is 3. The summed E-state index contributed by atoms with van der Waals surface area (Å²) in [5.41, 5.74) is 6.67. The molecule has 0 atom stereocenters. The number of unbranched alkanes of at least 4 members (excludes halogenated alkanes) is 1. The van der Waals surface area contributed by atoms with Crippen molar-refractivity contribution in [1.82, 2.24) is 14.5 Å². The van der Waals surface area contributed by atoms with Crippen LogP contribution in [0.2, 0.25) is 0 Å². The predicted molar refractivity (Wildman–Crippen MR) is 56.8 cm³/mol. The number of nitrogen functional groups attached to an aromatic ring is 1. The molecular weight excluding hydrogens is 176 g/mol. The second kappa shape index (κ2) is 3.65. The summed E-state index contributed by atoms with van der Waals surface area (Å²) in [4.78, 5) is 8.18. The van der Waals surface area contributed by atoms with Crippen LogP contribution in [0.4, 0.5) is 5.82 Å². The van der Waals surface area contributed by atoms with Gasteiger partial charge in [0.1, 0.15) is 17.8 Å². The van der Waals surface area contributed by atoms with Crippen LogP contribution in [0.25, 0.3) is 11.0 Å². The molecule has 0 aliphatic rings. The minimum Gasteiger partial charge on any atom is -0.383 e. The fraction of sp³-hybridized carbons (Fsp3) is 0.400. The molecule has 0 aromatic carbocycles. The third kappa shape index (κ3) is 1.43. The first-order valence-corrected chi connectivity index (χ1v) is 4.88. The fourth-order valence-corrected chi connectivity index (χ4v) is 1.53. The summed E-state index contributed by atoms with van der Waals surface area (Å²) in [6, 6.07) is 1.97. The first-order valence-electron chi connectivity index (χ1n) is 4.88. The van der Waals surface area contributed by atoms with Gasteiger partial charge in [0.15, 0.2) is 0 Å². The zero-order chi connectivity index (χ0) is 9.97. The van der Waals surface area contributed by atoms with Crippen LogP contribution in [-0.4, -0.2) is 14.5 Å². The lowest BCUT2D eigenvalue weighted by Gasteiger charge is -2.02. The number of fused-ring (bicyclic) bond motifs is 1. The van der Waals surface area contributed by atoms with Crippen LogP contribution in [0, 0.1) is 0 Å². The summed E-state index contributed by atoms with van der Waals surface area (Å²) in [5, 5.41) is 0.948. The molecule has 0 saturated carbocycles. The molecule has 2 rings (SSSR count). The molecule has 0 unspecified atom stereocenters. The lowest BCUT2D eigenvalue weighted by atomic mass is 10.3. The molecule has 0 aliphatic heterocycles. The molecule has 0 saturated heterocycles. The lowest BCUT2D eigenvalue weighted by Crippen LogP contribution is -1.98. The molecule has 0 amide bonds. The number of aryl methyl sites for hydroxylation is 1. The minimum atomic E-state index is 0.560. The molecule has 4 nitrogen and oxygen atoms in total. The first-order chi connectivity index (χ1) is 6.83. The molecule has 74 valence electrons. The molecule has 0 radical (unpaired) electrons. The summed E-state index contributed by atoms with van der Waals surface area (Å²) in [7, 11) is 0. The summed E-state index contributed by atoms with van der Waals surface area (Å²) < 4.78 is 2.12. The van der Waals surface area contributed by atoms with Crippen molar-refractivity contribution in [2.45, 2.75) is 26.3 Å². The molecular formula is C10H14N4. The maximum absolute atomic E-state index is 5.73. The summed E-state index contributed by atoms with van der Waals surface area (Å²) in [6.07, 6.45) is 5.87. The Hall–Kier alpha value is -1.58. The van der Waals surface area contributed by atoms with Crippen molar-refractivity contribution in [3.63, 3.8) is 0 Å². The molecule has 2 aromatic heterocycles. The van der Waals surface area contributed by atoms with Gasteiger partial charge in [-0.1, -0.05) is 13.3 Å². The Morgan fingerprint density at radius 2 is 2.29 bits per heavy atom. The van der Waals surface area contributed by atoms with Gasteiger partial charge in [-0.3, -0.25) is 0 Å². The van der Waals surface area contributed by atoms with Crippen LogP contribution < -0.4 is 5.73 Å². The van der Waals surface area contributed by atoms with E-state index in [2.05, 4.69) is 21.5 Å². The van der Waals surface area contributed by atoms with Crippen molar-refractivity contribution in [1.29, 1.82) is 0 Å². The molecule has 0 aliphatic carbocycles. The van der Waals surface area contributed by atoms with Crippen LogP contribution in [0.3, 0.4) is 0 Å². The van der Waals surface area contributed by atoms with Crippen molar-refractivity contribution in [2.24, 2.45) is 0 Å². The second-order valence-electron chi connectivity index (χ2n) is 3.36. The summed E-state index contributed by atoms with van der Waals surface area (Å²) >= 11 is 0. The number of hydrogen-bond donors (Lipinski definition) is 1. The lowest BCUT2D eigenvalue weighted by molar-refractivity contribution is 0.646. The number of anilines is 1. The van der Waals surface area contributed by atoms with Gasteiger partial charge in [-0.2, -0.15) is 0 Å². The third-order valence-electron chi connectivity index (χ3n) is 2.34. The van der Waals surface area contributed by atoms with Crippen LogP contribution in [0.1, 0.15) is 19.8 Å². The van der Waals surface area contributed by atoms with Crippen molar-refractivity contribution in [3.05, 3.63) is 18.6 Å². The van der Waals surface area contributed by atoms with Gasteiger partial charge in [-0.15, -0.1) is 0 Å². The van der Waals surface area contributed by atoms with Gasteiger partial charge in [0.05, 0.1) is 5.39 Å². The van der Waals surface area contributed by atoms with Gasteiger partial charge >= 0.3 is 0 Å². The highest BCUT2D eigenvalue weighted by Gasteiger charge is 2.04. The zero-order valence-electron chi connectivity index (χ0n) is 8.27. The summed E-state index contributed by atoms with van der Waals surface area (Å²) in [5.74, 6) is 0.560. The maximum Gasteiger partial charge on any atom is 0.145 e. The third-order valence-corrected chi connectivity index (χ3v) is 2.34. The summed E-state index contributed by atoms with van der Waals surface area (Å²) in [6.45, 7) is 3.17. The van der Waals surface area contributed by atoms with Crippen LogP contribution in [0.15, 0.2) is 18.6 Å². The van der Waals surface area contributed by atoms with E-state index in [4.69, 9.17) is 5.73 Å². The Kier molecular flexibility index (Phi) is 2.35. The molecule has 0 fully saturated rings. The standard InChI is InChI=1S/C10H14N4/c1-2-3-5-14-6-4-8-9(11)12-7-13-10(8)14/h4,6-7H,2-3,5H2,1H3,(H2,11,12,13). The maximum atomic E-state index is 5.73. The van der Waals surface area contributed by atoms with E-state index in [1.54, 1.807) is 0 Å². The van der Waals surface area contributed by atoms with Crippen molar-refractivity contribution in [3.8, 4) is 0 Å². The Balaban J connectivity index is 2.42. The van der Waals surface area contributed by atoms with Gasteiger partial charge in [0.2, 0.25) is 0 Å². The molecule has 2 aromatic rings. The number of rotatable bonds is 3. The molecule has 14 heavy (non-hydrogen) atoms. The van der Waals surface area contributed by atoms with E-state index in [0.29, 0.717) is 5.82 Å². The van der Waals surface area contributed by atoms with E-state index in [1.165, 1.54) is 12.7 Å². The highest BCUT2D eigenvalue weighted by atomic mass is 15.1. The molecule has 2 heterocycles. The molecule has 0 spiro atoms. The van der Waals surface area contributed by atoms with E-state index in [-0.39, 0.29) is 0 Å². The van der Waals surface area contributed by atoms with Gasteiger partial charge in [-0.05, 0) is 12.5 Å². The Morgan fingerprint density at radius 3 is 3.07 bits per heavy atom. The molecule has 4 heteroatoms. The largest absolute Gasteiger partial charge is 0.383 e. The van der Waals surface area contributed by atoms with Crippen molar-refractivity contribution < 1.29 is 0 Å². The zero-order valence-corrected chi connectivity index (χ0v) is 8.27. The average Bonchev–Trinajstić information content (AvgIpc) is 2.60. The number of nitrogens with two attached hydrogens (primary N) is 1. The first kappa shape index (κ1) is 8.99. The van der Waals surface area contributed by atoms with E-state index in [9.17, 15) is 0 Å². The van der Waals surface area contributed by atoms with Crippen molar-refractivity contribution in [2.75, 3.05) is 5.73 Å². The number of aromatic nitrogens is 3. The monoisotopic (exact) mass is 190 g/mol. The topological polar surface area (TPSA) is 56.7 Å². The average molecular weight is 190 g/mol. The SMILES string of the molecule is CCCCn1ccc2c(N)ncnc21. The second-order valence-corrected chi connectivity index (χ2v) is 3.36.